The summed E-state index contributed by atoms with van der Waals surface area (Å²) in [5, 5.41) is 9.75. The van der Waals surface area contributed by atoms with Gasteiger partial charge in [0.1, 0.15) is 0 Å². The van der Waals surface area contributed by atoms with E-state index in [0.717, 1.165) is 16.1 Å². The minimum absolute atomic E-state index is 0.764. The maximum Gasteiger partial charge on any atom is 0.0840 e. The molecule has 0 spiro atoms. The molecule has 3 N–H and O–H groups in total. The Morgan fingerprint density at radius 1 is 1.38 bits per heavy atom. The number of benzene rings is 1. The van der Waals surface area contributed by atoms with E-state index < -0.39 is 5.60 Å². The fourth-order valence-electron chi connectivity index (χ4n) is 1.09. The van der Waals surface area contributed by atoms with Gasteiger partial charge in [-0.2, -0.15) is 0 Å². The number of hydrogen-bond donors (Lipinski definition) is 2. The van der Waals surface area contributed by atoms with Crippen molar-refractivity contribution in [1.82, 2.24) is 0 Å². The lowest BCUT2D eigenvalue weighted by atomic mass is 9.98. The molecule has 0 atom stereocenters. The number of anilines is 1. The fraction of sp³-hybridized carbons (Fsp3) is 0.400. The maximum atomic E-state index is 9.75. The van der Waals surface area contributed by atoms with Crippen LogP contribution in [0, 0.1) is 0 Å². The molecule has 0 unspecified atom stereocenters. The Hall–Kier alpha value is -0.670. The Morgan fingerprint density at radius 2 is 2.00 bits per heavy atom. The van der Waals surface area contributed by atoms with Crippen LogP contribution in [0.1, 0.15) is 19.4 Å². The molecular weight excluding hydrogens is 182 g/mol. The highest BCUT2D eigenvalue weighted by molar-refractivity contribution is 7.98. The van der Waals surface area contributed by atoms with Gasteiger partial charge in [0, 0.05) is 10.6 Å². The van der Waals surface area contributed by atoms with E-state index in [9.17, 15) is 5.11 Å². The van der Waals surface area contributed by atoms with Gasteiger partial charge in [-0.05, 0) is 37.8 Å². The first-order valence-corrected chi connectivity index (χ1v) is 5.34. The Kier molecular flexibility index (Phi) is 2.88. The van der Waals surface area contributed by atoms with Crippen LogP contribution in [-0.4, -0.2) is 11.4 Å². The van der Waals surface area contributed by atoms with E-state index in [1.165, 1.54) is 0 Å². The molecule has 0 aliphatic heterocycles. The third-order valence-corrected chi connectivity index (χ3v) is 2.73. The van der Waals surface area contributed by atoms with Crippen LogP contribution < -0.4 is 5.73 Å². The van der Waals surface area contributed by atoms with Crippen molar-refractivity contribution in [1.29, 1.82) is 0 Å². The monoisotopic (exact) mass is 197 g/mol. The molecule has 0 heterocycles. The van der Waals surface area contributed by atoms with E-state index >= 15 is 0 Å². The molecule has 13 heavy (non-hydrogen) atoms. The van der Waals surface area contributed by atoms with Crippen molar-refractivity contribution in [3.63, 3.8) is 0 Å². The van der Waals surface area contributed by atoms with Crippen LogP contribution in [-0.2, 0) is 5.60 Å². The van der Waals surface area contributed by atoms with E-state index in [1.54, 1.807) is 25.6 Å². The number of hydrogen-bond acceptors (Lipinski definition) is 3. The van der Waals surface area contributed by atoms with Gasteiger partial charge in [-0.1, -0.05) is 6.07 Å². The van der Waals surface area contributed by atoms with Crippen molar-refractivity contribution in [2.45, 2.75) is 24.3 Å². The SMILES string of the molecule is CSc1cc(C(C)(C)O)ccc1N. The summed E-state index contributed by atoms with van der Waals surface area (Å²) in [6.45, 7) is 3.53. The molecule has 0 aliphatic carbocycles. The Bertz CT molecular complexity index is 304. The van der Waals surface area contributed by atoms with Crippen molar-refractivity contribution < 1.29 is 5.11 Å². The van der Waals surface area contributed by atoms with Crippen molar-refractivity contribution in [2.24, 2.45) is 0 Å². The van der Waals surface area contributed by atoms with Gasteiger partial charge in [-0.3, -0.25) is 0 Å². The first-order valence-electron chi connectivity index (χ1n) is 4.11. The average Bonchev–Trinajstić information content (AvgIpc) is 2.03. The van der Waals surface area contributed by atoms with Gasteiger partial charge in [0.2, 0.25) is 0 Å². The topological polar surface area (TPSA) is 46.2 Å². The van der Waals surface area contributed by atoms with Crippen molar-refractivity contribution in [3.05, 3.63) is 23.8 Å². The highest BCUT2D eigenvalue weighted by Gasteiger charge is 2.16. The second kappa shape index (κ2) is 3.60. The molecule has 0 aliphatic rings. The quantitative estimate of drug-likeness (QED) is 0.564. The van der Waals surface area contributed by atoms with Crippen molar-refractivity contribution in [3.8, 4) is 0 Å². The Morgan fingerprint density at radius 3 is 2.46 bits per heavy atom. The van der Waals surface area contributed by atoms with Crippen LogP contribution in [0.5, 0.6) is 0 Å². The van der Waals surface area contributed by atoms with E-state index in [-0.39, 0.29) is 0 Å². The van der Waals surface area contributed by atoms with Crippen LogP contribution in [0.25, 0.3) is 0 Å². The van der Waals surface area contributed by atoms with E-state index in [1.807, 2.05) is 24.5 Å². The van der Waals surface area contributed by atoms with Crippen molar-refractivity contribution >= 4 is 17.4 Å². The molecule has 0 fully saturated rings. The molecule has 0 radical (unpaired) electrons. The lowest BCUT2D eigenvalue weighted by Gasteiger charge is -2.18. The van der Waals surface area contributed by atoms with E-state index in [0.29, 0.717) is 0 Å². The van der Waals surface area contributed by atoms with Gasteiger partial charge >= 0.3 is 0 Å². The minimum Gasteiger partial charge on any atom is -0.398 e. The van der Waals surface area contributed by atoms with Gasteiger partial charge in [0.25, 0.3) is 0 Å². The fourth-order valence-corrected chi connectivity index (χ4v) is 1.64. The zero-order valence-corrected chi connectivity index (χ0v) is 8.98. The van der Waals surface area contributed by atoms with Crippen LogP contribution >= 0.6 is 11.8 Å². The predicted molar refractivity (Wildman–Crippen MR) is 57.9 cm³/mol. The predicted octanol–water partition coefficient (Wildman–Crippen LogP) is 2.22. The number of nitrogen functional groups attached to an aromatic ring is 1. The molecule has 2 nitrogen and oxygen atoms in total. The molecule has 0 saturated heterocycles. The normalized spacial score (nSPS) is 11.7. The average molecular weight is 197 g/mol. The number of aliphatic hydroxyl groups is 1. The highest BCUT2D eigenvalue weighted by atomic mass is 32.2. The zero-order valence-electron chi connectivity index (χ0n) is 8.16. The summed E-state index contributed by atoms with van der Waals surface area (Å²) in [5.41, 5.74) is 6.61. The summed E-state index contributed by atoms with van der Waals surface area (Å²) in [5.74, 6) is 0. The summed E-state index contributed by atoms with van der Waals surface area (Å²) in [6, 6.07) is 5.62. The first-order chi connectivity index (χ1) is 5.95. The summed E-state index contributed by atoms with van der Waals surface area (Å²) in [6.07, 6.45) is 1.97. The van der Waals surface area contributed by atoms with Gasteiger partial charge in [-0.15, -0.1) is 11.8 Å². The molecule has 0 bridgehead atoms. The molecule has 0 saturated carbocycles. The molecule has 1 aromatic rings. The van der Waals surface area contributed by atoms with Gasteiger partial charge < -0.3 is 10.8 Å². The lowest BCUT2D eigenvalue weighted by molar-refractivity contribution is 0.0784. The number of rotatable bonds is 2. The third kappa shape index (κ3) is 2.39. The van der Waals surface area contributed by atoms with Crippen LogP contribution in [0.2, 0.25) is 0 Å². The smallest absolute Gasteiger partial charge is 0.0840 e. The van der Waals surface area contributed by atoms with Gasteiger partial charge in [0.15, 0.2) is 0 Å². The molecule has 0 amide bonds. The van der Waals surface area contributed by atoms with Crippen LogP contribution in [0.15, 0.2) is 23.1 Å². The maximum absolute atomic E-state index is 9.75. The lowest BCUT2D eigenvalue weighted by Crippen LogP contribution is -2.15. The Labute approximate surface area is 83.1 Å². The van der Waals surface area contributed by atoms with Crippen molar-refractivity contribution in [2.75, 3.05) is 12.0 Å². The summed E-state index contributed by atoms with van der Waals surface area (Å²) in [4.78, 5) is 1.01. The molecule has 0 aromatic heterocycles. The molecule has 1 aromatic carbocycles. The molecular formula is C10H15NOS. The number of nitrogens with two attached hydrogens (primary N) is 1. The third-order valence-electron chi connectivity index (χ3n) is 1.94. The largest absolute Gasteiger partial charge is 0.398 e. The van der Waals surface area contributed by atoms with Crippen LogP contribution in [0.3, 0.4) is 0 Å². The van der Waals surface area contributed by atoms with Crippen LogP contribution in [0.4, 0.5) is 5.69 Å². The standard InChI is InChI=1S/C10H15NOS/c1-10(2,12)7-4-5-8(11)9(6-7)13-3/h4-6,12H,11H2,1-3H3. The highest BCUT2D eigenvalue weighted by Crippen LogP contribution is 2.28. The Balaban J connectivity index is 3.14. The minimum atomic E-state index is -0.793. The van der Waals surface area contributed by atoms with E-state index in [2.05, 4.69) is 0 Å². The summed E-state index contributed by atoms with van der Waals surface area (Å²) >= 11 is 1.59. The summed E-state index contributed by atoms with van der Waals surface area (Å²) < 4.78 is 0. The van der Waals surface area contributed by atoms with Gasteiger partial charge in [0.05, 0.1) is 5.60 Å². The first kappa shape index (κ1) is 10.4. The molecule has 72 valence electrons. The second-order valence-electron chi connectivity index (χ2n) is 3.52. The summed E-state index contributed by atoms with van der Waals surface area (Å²) in [7, 11) is 0. The molecule has 3 heteroatoms. The zero-order chi connectivity index (χ0) is 10.1. The second-order valence-corrected chi connectivity index (χ2v) is 4.36. The number of thioether (sulfide) groups is 1. The molecule has 1 rings (SSSR count). The van der Waals surface area contributed by atoms with E-state index in [4.69, 9.17) is 5.73 Å². The van der Waals surface area contributed by atoms with Gasteiger partial charge in [-0.25, -0.2) is 0 Å².